The van der Waals surface area contributed by atoms with Crippen LogP contribution in [0.5, 0.6) is 5.75 Å². The molecule has 0 unspecified atom stereocenters. The number of hydrogen-bond donors (Lipinski definition) is 2. The number of amides is 1. The van der Waals surface area contributed by atoms with Gasteiger partial charge in [0.25, 0.3) is 5.91 Å². The lowest BCUT2D eigenvalue weighted by molar-refractivity contribution is -0.139. The molecule has 0 radical (unpaired) electrons. The van der Waals surface area contributed by atoms with Crippen molar-refractivity contribution in [2.24, 2.45) is 0 Å². The molecule has 1 aliphatic rings. The SMILES string of the molecule is Cc1ccc(C(=O)Nc2ccc(OC3CCN(C)CC3)c(C(F)(F)F)c2)cc1C#Cc1cccnc1N. The van der Waals surface area contributed by atoms with E-state index in [1.807, 2.05) is 14.0 Å². The van der Waals surface area contributed by atoms with Gasteiger partial charge in [-0.25, -0.2) is 4.98 Å². The van der Waals surface area contributed by atoms with Crippen LogP contribution in [0.1, 0.15) is 45.5 Å². The number of nitrogens with one attached hydrogen (secondary N) is 1. The quantitative estimate of drug-likeness (QED) is 0.479. The van der Waals surface area contributed by atoms with Crippen LogP contribution in [0.3, 0.4) is 0 Å². The lowest BCUT2D eigenvalue weighted by atomic mass is 10.0. The van der Waals surface area contributed by atoms with Crippen molar-refractivity contribution in [1.29, 1.82) is 0 Å². The summed E-state index contributed by atoms with van der Waals surface area (Å²) in [4.78, 5) is 19.0. The van der Waals surface area contributed by atoms with E-state index in [9.17, 15) is 18.0 Å². The number of nitrogens with two attached hydrogens (primary N) is 1. The number of nitrogens with zero attached hydrogens (tertiary/aromatic N) is 2. The van der Waals surface area contributed by atoms with E-state index in [0.717, 1.165) is 24.7 Å². The zero-order chi connectivity index (χ0) is 26.6. The maximum Gasteiger partial charge on any atom is 0.420 e. The van der Waals surface area contributed by atoms with Gasteiger partial charge in [-0.3, -0.25) is 4.79 Å². The molecule has 2 heterocycles. The summed E-state index contributed by atoms with van der Waals surface area (Å²) < 4.78 is 47.2. The summed E-state index contributed by atoms with van der Waals surface area (Å²) in [6.45, 7) is 3.37. The average molecular weight is 509 g/mol. The molecule has 3 N–H and O–H groups in total. The first-order valence-corrected chi connectivity index (χ1v) is 11.8. The van der Waals surface area contributed by atoms with E-state index in [-0.39, 0.29) is 23.1 Å². The first-order chi connectivity index (χ1) is 17.6. The zero-order valence-corrected chi connectivity index (χ0v) is 20.5. The van der Waals surface area contributed by atoms with E-state index in [2.05, 4.69) is 27.0 Å². The molecular formula is C28H27F3N4O2. The predicted octanol–water partition coefficient (Wildman–Crippen LogP) is 5.12. The van der Waals surface area contributed by atoms with E-state index in [1.54, 1.807) is 36.5 Å². The third-order valence-electron chi connectivity index (χ3n) is 6.17. The first kappa shape index (κ1) is 26.0. The summed E-state index contributed by atoms with van der Waals surface area (Å²) >= 11 is 0. The molecule has 0 saturated carbocycles. The first-order valence-electron chi connectivity index (χ1n) is 11.8. The number of carbonyl (C=O) groups is 1. The summed E-state index contributed by atoms with van der Waals surface area (Å²) in [7, 11) is 1.97. The number of ether oxygens (including phenoxy) is 1. The van der Waals surface area contributed by atoms with Crippen LogP contribution in [-0.2, 0) is 6.18 Å². The Morgan fingerprint density at radius 3 is 2.54 bits per heavy atom. The number of hydrogen-bond acceptors (Lipinski definition) is 5. The maximum absolute atomic E-state index is 13.8. The lowest BCUT2D eigenvalue weighted by Gasteiger charge is -2.30. The highest BCUT2D eigenvalue weighted by Crippen LogP contribution is 2.39. The molecule has 0 atom stereocenters. The molecule has 1 amide bonds. The van der Waals surface area contributed by atoms with Crippen molar-refractivity contribution in [3.05, 3.63) is 82.5 Å². The molecule has 192 valence electrons. The highest BCUT2D eigenvalue weighted by molar-refractivity contribution is 6.04. The van der Waals surface area contributed by atoms with Gasteiger partial charge in [-0.15, -0.1) is 0 Å². The number of aryl methyl sites for hydroxylation is 1. The van der Waals surface area contributed by atoms with Crippen LogP contribution in [-0.4, -0.2) is 42.0 Å². The molecule has 1 saturated heterocycles. The molecule has 1 aromatic heterocycles. The number of piperidine rings is 1. The number of likely N-dealkylation sites (tertiary alicyclic amines) is 1. The van der Waals surface area contributed by atoms with Gasteiger partial charge in [-0.2, -0.15) is 13.2 Å². The van der Waals surface area contributed by atoms with Crippen molar-refractivity contribution in [1.82, 2.24) is 9.88 Å². The van der Waals surface area contributed by atoms with E-state index in [4.69, 9.17) is 10.5 Å². The third-order valence-corrected chi connectivity index (χ3v) is 6.17. The Kier molecular flexibility index (Phi) is 7.69. The van der Waals surface area contributed by atoms with Gasteiger partial charge in [0, 0.05) is 36.1 Å². The number of rotatable bonds is 4. The molecule has 1 fully saturated rings. The third kappa shape index (κ3) is 6.60. The second kappa shape index (κ2) is 10.9. The minimum Gasteiger partial charge on any atom is -0.490 e. The number of anilines is 2. The van der Waals surface area contributed by atoms with Crippen LogP contribution in [0.2, 0.25) is 0 Å². The average Bonchev–Trinajstić information content (AvgIpc) is 2.86. The Morgan fingerprint density at radius 2 is 1.84 bits per heavy atom. The Hall–Kier alpha value is -4.03. The van der Waals surface area contributed by atoms with E-state index < -0.39 is 17.6 Å². The zero-order valence-electron chi connectivity index (χ0n) is 20.5. The van der Waals surface area contributed by atoms with Gasteiger partial charge in [-0.1, -0.05) is 17.9 Å². The summed E-state index contributed by atoms with van der Waals surface area (Å²) in [5, 5.41) is 2.56. The monoisotopic (exact) mass is 508 g/mol. The maximum atomic E-state index is 13.8. The van der Waals surface area contributed by atoms with Crippen LogP contribution >= 0.6 is 0 Å². The molecule has 1 aliphatic heterocycles. The fraction of sp³-hybridized carbons (Fsp3) is 0.286. The van der Waals surface area contributed by atoms with Crippen molar-refractivity contribution in [3.63, 3.8) is 0 Å². The highest BCUT2D eigenvalue weighted by atomic mass is 19.4. The molecule has 3 aromatic rings. The van der Waals surface area contributed by atoms with Crippen LogP contribution in [0.4, 0.5) is 24.7 Å². The number of pyridine rings is 1. The van der Waals surface area contributed by atoms with Gasteiger partial charge >= 0.3 is 6.18 Å². The van der Waals surface area contributed by atoms with E-state index in [1.165, 1.54) is 12.1 Å². The number of carbonyl (C=O) groups excluding carboxylic acids is 1. The number of halogens is 3. The van der Waals surface area contributed by atoms with Crippen molar-refractivity contribution in [2.75, 3.05) is 31.2 Å². The number of nitrogen functional groups attached to an aromatic ring is 1. The molecular weight excluding hydrogens is 481 g/mol. The van der Waals surface area contributed by atoms with Crippen LogP contribution < -0.4 is 15.8 Å². The molecule has 4 rings (SSSR count). The van der Waals surface area contributed by atoms with Crippen molar-refractivity contribution in [3.8, 4) is 17.6 Å². The van der Waals surface area contributed by atoms with Crippen LogP contribution in [0.25, 0.3) is 0 Å². The van der Waals surface area contributed by atoms with E-state index >= 15 is 0 Å². The van der Waals surface area contributed by atoms with Gasteiger partial charge in [-0.05, 0) is 74.8 Å². The minimum absolute atomic E-state index is 0.0180. The Bertz CT molecular complexity index is 1350. The Morgan fingerprint density at radius 1 is 1.11 bits per heavy atom. The lowest BCUT2D eigenvalue weighted by Crippen LogP contribution is -2.36. The highest BCUT2D eigenvalue weighted by Gasteiger charge is 2.35. The minimum atomic E-state index is -4.64. The van der Waals surface area contributed by atoms with Crippen molar-refractivity contribution in [2.45, 2.75) is 32.0 Å². The summed E-state index contributed by atoms with van der Waals surface area (Å²) in [5.74, 6) is 5.44. The number of benzene rings is 2. The van der Waals surface area contributed by atoms with Gasteiger partial charge in [0.05, 0.1) is 11.1 Å². The van der Waals surface area contributed by atoms with Crippen molar-refractivity contribution >= 4 is 17.4 Å². The molecule has 0 spiro atoms. The second-order valence-electron chi connectivity index (χ2n) is 9.00. The molecule has 37 heavy (non-hydrogen) atoms. The molecule has 0 aliphatic carbocycles. The molecule has 0 bridgehead atoms. The topological polar surface area (TPSA) is 80.5 Å². The van der Waals surface area contributed by atoms with Crippen LogP contribution in [0, 0.1) is 18.8 Å². The summed E-state index contributed by atoms with van der Waals surface area (Å²) in [6.07, 6.45) is -2.06. The summed E-state index contributed by atoms with van der Waals surface area (Å²) in [5.41, 5.74) is 7.16. The Labute approximate surface area is 213 Å². The van der Waals surface area contributed by atoms with Gasteiger partial charge < -0.3 is 20.7 Å². The fourth-order valence-electron chi connectivity index (χ4n) is 3.97. The molecule has 6 nitrogen and oxygen atoms in total. The van der Waals surface area contributed by atoms with Crippen LogP contribution in [0.15, 0.2) is 54.7 Å². The van der Waals surface area contributed by atoms with Gasteiger partial charge in [0.2, 0.25) is 0 Å². The normalized spacial score (nSPS) is 14.5. The van der Waals surface area contributed by atoms with Gasteiger partial charge in [0.15, 0.2) is 0 Å². The fourth-order valence-corrected chi connectivity index (χ4v) is 3.97. The Balaban J connectivity index is 1.53. The smallest absolute Gasteiger partial charge is 0.420 e. The predicted molar refractivity (Wildman–Crippen MR) is 136 cm³/mol. The number of aromatic nitrogens is 1. The summed E-state index contributed by atoms with van der Waals surface area (Å²) in [6, 6.07) is 11.9. The number of alkyl halides is 3. The standard InChI is InChI=1S/C28H27F3N4O2/c1-18-5-6-21(16-20(18)8-7-19-4-3-13-33-26(19)32)27(36)34-22-9-10-25(24(17-22)28(29,30)31)37-23-11-14-35(2)15-12-23/h3-6,9-10,13,16-17,23H,11-12,14-15H2,1-2H3,(H2,32,33)(H,34,36). The molecule has 9 heteroatoms. The van der Waals surface area contributed by atoms with E-state index in [0.29, 0.717) is 29.8 Å². The van der Waals surface area contributed by atoms with Gasteiger partial charge in [0.1, 0.15) is 17.7 Å². The second-order valence-corrected chi connectivity index (χ2v) is 9.00. The molecule has 2 aromatic carbocycles. The largest absolute Gasteiger partial charge is 0.490 e. The van der Waals surface area contributed by atoms with Crippen molar-refractivity contribution < 1.29 is 22.7 Å².